The van der Waals surface area contributed by atoms with E-state index in [1.165, 1.54) is 0 Å². The van der Waals surface area contributed by atoms with Crippen molar-refractivity contribution in [2.75, 3.05) is 25.2 Å². The Morgan fingerprint density at radius 3 is 2.50 bits per heavy atom. The lowest BCUT2D eigenvalue weighted by molar-refractivity contribution is -0.323. The second kappa shape index (κ2) is 6.36. The average molecular weight is 233 g/mol. The molecule has 2 unspecified atom stereocenters. The highest BCUT2D eigenvalue weighted by Gasteiger charge is 2.28. The molecule has 0 aliphatic heterocycles. The average Bonchev–Trinajstić information content (AvgIpc) is 1.95. The molecule has 0 radical (unpaired) electrons. The normalized spacial score (nSPS) is 16.6. The van der Waals surface area contributed by atoms with E-state index in [1.54, 1.807) is 13.2 Å². The van der Waals surface area contributed by atoms with E-state index in [9.17, 15) is 17.4 Å². The molecule has 0 rings (SSSR count). The van der Waals surface area contributed by atoms with Gasteiger partial charge in [-0.3, -0.25) is 8.95 Å². The monoisotopic (exact) mass is 233 g/mol. The van der Waals surface area contributed by atoms with Gasteiger partial charge in [-0.05, 0) is 6.92 Å². The summed E-state index contributed by atoms with van der Waals surface area (Å²) in [6, 6.07) is -0.0716. The molecule has 86 valence electrons. The van der Waals surface area contributed by atoms with Gasteiger partial charge in [0.2, 0.25) is 0 Å². The molecule has 1 N–H and O–H groups in total. The van der Waals surface area contributed by atoms with E-state index in [0.29, 0.717) is 5.75 Å². The van der Waals surface area contributed by atoms with Crippen molar-refractivity contribution >= 4 is 10.8 Å². The van der Waals surface area contributed by atoms with Crippen LogP contribution >= 0.6 is 0 Å². The van der Waals surface area contributed by atoms with E-state index in [-0.39, 0.29) is 12.6 Å². The summed E-state index contributed by atoms with van der Waals surface area (Å²) >= 11 is 0. The highest BCUT2D eigenvalue weighted by atomic mass is 32.2. The summed E-state index contributed by atoms with van der Waals surface area (Å²) in [4.78, 5) is 0. The minimum Gasteiger partial charge on any atom is -0.311 e. The fourth-order valence-corrected chi connectivity index (χ4v) is 1.71. The molecule has 0 aliphatic carbocycles. The van der Waals surface area contributed by atoms with E-state index in [1.807, 2.05) is 0 Å². The largest absolute Gasteiger partial charge is 0.522 e. The third-order valence-corrected chi connectivity index (χ3v) is 2.31. The van der Waals surface area contributed by atoms with Crippen molar-refractivity contribution in [2.45, 2.75) is 19.3 Å². The minimum atomic E-state index is -4.57. The van der Waals surface area contributed by atoms with Crippen LogP contribution in [0.5, 0.6) is 0 Å². The van der Waals surface area contributed by atoms with Crippen LogP contribution in [0.4, 0.5) is 13.2 Å². The summed E-state index contributed by atoms with van der Waals surface area (Å²) in [5.41, 5.74) is 0. The van der Waals surface area contributed by atoms with Crippen molar-refractivity contribution in [1.82, 2.24) is 5.32 Å². The number of halogens is 3. The Labute approximate surface area is 83.5 Å². The molecule has 0 aliphatic rings. The van der Waals surface area contributed by atoms with Crippen LogP contribution in [0.2, 0.25) is 0 Å². The van der Waals surface area contributed by atoms with Crippen molar-refractivity contribution in [3.63, 3.8) is 0 Å². The second-order valence-corrected chi connectivity index (χ2v) is 4.37. The van der Waals surface area contributed by atoms with Gasteiger partial charge in [0, 0.05) is 35.4 Å². The summed E-state index contributed by atoms with van der Waals surface area (Å²) in [5.74, 6) is 0.423. The van der Waals surface area contributed by atoms with Crippen LogP contribution in [-0.4, -0.2) is 41.8 Å². The van der Waals surface area contributed by atoms with Gasteiger partial charge in [0.15, 0.2) is 0 Å². The zero-order valence-electron chi connectivity index (χ0n) is 8.06. The van der Waals surface area contributed by atoms with Crippen molar-refractivity contribution in [2.24, 2.45) is 0 Å². The van der Waals surface area contributed by atoms with Crippen LogP contribution in [0.15, 0.2) is 0 Å². The number of ether oxygens (including phenoxy) is 1. The number of nitrogens with one attached hydrogen (secondary N) is 1. The van der Waals surface area contributed by atoms with Gasteiger partial charge >= 0.3 is 6.36 Å². The lowest BCUT2D eigenvalue weighted by atomic mass is 10.4. The van der Waals surface area contributed by atoms with E-state index in [0.717, 1.165) is 0 Å². The van der Waals surface area contributed by atoms with Crippen LogP contribution in [0.3, 0.4) is 0 Å². The van der Waals surface area contributed by atoms with Gasteiger partial charge in [-0.25, -0.2) is 0 Å². The lowest BCUT2D eigenvalue weighted by Crippen LogP contribution is -2.34. The quantitative estimate of drug-likeness (QED) is 0.692. The molecule has 0 spiro atoms. The molecule has 0 saturated carbocycles. The molecule has 0 fully saturated rings. The molecule has 0 heterocycles. The standard InChI is InChI=1S/C7H14F3NO2S/c1-6(5-14(2)12)11-3-4-13-7(8,9)10/h6,11H,3-5H2,1-2H3. The third-order valence-electron chi connectivity index (χ3n) is 1.35. The fraction of sp³-hybridized carbons (Fsp3) is 1.00. The van der Waals surface area contributed by atoms with Crippen LogP contribution in [-0.2, 0) is 15.5 Å². The van der Waals surface area contributed by atoms with Crippen LogP contribution in [0.25, 0.3) is 0 Å². The van der Waals surface area contributed by atoms with Gasteiger partial charge in [-0.1, -0.05) is 0 Å². The van der Waals surface area contributed by atoms with Crippen molar-refractivity contribution < 1.29 is 22.1 Å². The number of rotatable bonds is 6. The molecular formula is C7H14F3NO2S. The molecule has 3 nitrogen and oxygen atoms in total. The van der Waals surface area contributed by atoms with Gasteiger partial charge in [-0.2, -0.15) is 0 Å². The van der Waals surface area contributed by atoms with Crippen LogP contribution < -0.4 is 5.32 Å². The summed E-state index contributed by atoms with van der Waals surface area (Å²) in [7, 11) is -0.944. The Kier molecular flexibility index (Phi) is 6.30. The Hall–Kier alpha value is -0.140. The van der Waals surface area contributed by atoms with Crippen LogP contribution in [0, 0.1) is 0 Å². The Morgan fingerprint density at radius 1 is 1.50 bits per heavy atom. The summed E-state index contributed by atoms with van der Waals surface area (Å²) < 4.78 is 48.7. The molecule has 0 amide bonds. The maximum atomic E-state index is 11.5. The Morgan fingerprint density at radius 2 is 2.07 bits per heavy atom. The van der Waals surface area contributed by atoms with Gasteiger partial charge < -0.3 is 5.32 Å². The summed E-state index contributed by atoms with van der Waals surface area (Å²) in [6.07, 6.45) is -3.02. The highest BCUT2D eigenvalue weighted by Crippen LogP contribution is 2.15. The molecule has 2 atom stereocenters. The lowest BCUT2D eigenvalue weighted by Gasteiger charge is -2.12. The first-order valence-corrected chi connectivity index (χ1v) is 5.78. The highest BCUT2D eigenvalue weighted by molar-refractivity contribution is 7.84. The van der Waals surface area contributed by atoms with Gasteiger partial charge in [0.05, 0.1) is 6.61 Å². The molecule has 0 bridgehead atoms. The Balaban J connectivity index is 3.41. The first kappa shape index (κ1) is 13.9. The van der Waals surface area contributed by atoms with Crippen LogP contribution in [0.1, 0.15) is 6.92 Å². The topological polar surface area (TPSA) is 38.3 Å². The zero-order chi connectivity index (χ0) is 11.2. The van der Waals surface area contributed by atoms with E-state index < -0.39 is 23.8 Å². The fourth-order valence-electron chi connectivity index (χ4n) is 0.883. The van der Waals surface area contributed by atoms with Crippen molar-refractivity contribution in [3.8, 4) is 0 Å². The van der Waals surface area contributed by atoms with E-state index in [2.05, 4.69) is 10.1 Å². The molecule has 0 aromatic carbocycles. The van der Waals surface area contributed by atoms with Gasteiger partial charge in [0.1, 0.15) is 0 Å². The molecular weight excluding hydrogens is 219 g/mol. The predicted molar refractivity (Wildman–Crippen MR) is 48.4 cm³/mol. The molecule has 0 aromatic rings. The first-order valence-electron chi connectivity index (χ1n) is 4.05. The predicted octanol–water partition coefficient (Wildman–Crippen LogP) is 0.879. The number of hydrogen-bond acceptors (Lipinski definition) is 3. The third kappa shape index (κ3) is 9.94. The molecule has 7 heteroatoms. The minimum absolute atomic E-state index is 0.0716. The van der Waals surface area contributed by atoms with Crippen molar-refractivity contribution in [1.29, 1.82) is 0 Å². The molecule has 14 heavy (non-hydrogen) atoms. The number of alkyl halides is 3. The summed E-state index contributed by atoms with van der Waals surface area (Å²) in [5, 5.41) is 2.77. The smallest absolute Gasteiger partial charge is 0.311 e. The van der Waals surface area contributed by atoms with Gasteiger partial charge in [0.25, 0.3) is 0 Å². The maximum Gasteiger partial charge on any atom is 0.522 e. The summed E-state index contributed by atoms with van der Waals surface area (Å²) in [6.45, 7) is 1.43. The number of hydrogen-bond donors (Lipinski definition) is 1. The van der Waals surface area contributed by atoms with E-state index >= 15 is 0 Å². The molecule has 0 saturated heterocycles. The van der Waals surface area contributed by atoms with Gasteiger partial charge in [-0.15, -0.1) is 13.2 Å². The Bertz CT molecular complexity index is 186. The molecule has 0 aromatic heterocycles. The first-order chi connectivity index (χ1) is 6.31. The SMILES string of the molecule is CC(CS(C)=O)NCCOC(F)(F)F. The second-order valence-electron chi connectivity index (χ2n) is 2.89. The van der Waals surface area contributed by atoms with Crippen molar-refractivity contribution in [3.05, 3.63) is 0 Å². The zero-order valence-corrected chi connectivity index (χ0v) is 8.87. The van der Waals surface area contributed by atoms with E-state index in [4.69, 9.17) is 0 Å². The maximum absolute atomic E-state index is 11.5.